The van der Waals surface area contributed by atoms with Crippen LogP contribution in [-0.2, 0) is 4.79 Å². The Hall–Kier alpha value is -0.610. The van der Waals surface area contributed by atoms with Crippen LogP contribution >= 0.6 is 0 Å². The van der Waals surface area contributed by atoms with Crippen LogP contribution in [0.25, 0.3) is 0 Å². The number of amides is 1. The number of likely N-dealkylation sites (tertiary alicyclic amines) is 1. The lowest BCUT2D eigenvalue weighted by Crippen LogP contribution is -2.54. The topological polar surface area (TPSA) is 35.6 Å². The molecule has 1 N–H and O–H groups in total. The third-order valence-corrected chi connectivity index (χ3v) is 4.05. The first-order valence-corrected chi connectivity index (χ1v) is 7.63. The normalized spacial score (nSPS) is 25.7. The molecule has 0 spiro atoms. The van der Waals surface area contributed by atoms with Crippen LogP contribution in [0.4, 0.5) is 0 Å². The van der Waals surface area contributed by atoms with Crippen molar-refractivity contribution in [3.63, 3.8) is 0 Å². The van der Waals surface area contributed by atoms with Crippen molar-refractivity contribution in [2.75, 3.05) is 27.2 Å². The van der Waals surface area contributed by atoms with Gasteiger partial charge in [-0.2, -0.15) is 0 Å². The quantitative estimate of drug-likeness (QED) is 0.746. The maximum atomic E-state index is 12.5. The van der Waals surface area contributed by atoms with Gasteiger partial charge in [-0.3, -0.25) is 4.79 Å². The average molecular weight is 269 g/mol. The molecule has 1 fully saturated rings. The molecule has 1 saturated heterocycles. The first-order chi connectivity index (χ1) is 8.93. The van der Waals surface area contributed by atoms with E-state index in [1.165, 1.54) is 6.42 Å². The fraction of sp³-hybridized carbons (Fsp3) is 0.933. The summed E-state index contributed by atoms with van der Waals surface area (Å²) in [7, 11) is 4.15. The van der Waals surface area contributed by atoms with Crippen molar-refractivity contribution in [1.82, 2.24) is 15.1 Å². The van der Waals surface area contributed by atoms with E-state index >= 15 is 0 Å². The van der Waals surface area contributed by atoms with Gasteiger partial charge in [0.25, 0.3) is 0 Å². The molecule has 1 amide bonds. The van der Waals surface area contributed by atoms with Gasteiger partial charge in [-0.1, -0.05) is 0 Å². The van der Waals surface area contributed by atoms with Crippen LogP contribution in [0.3, 0.4) is 0 Å². The number of nitrogens with zero attached hydrogens (tertiary/aromatic N) is 2. The molecule has 0 aromatic carbocycles. The largest absolute Gasteiger partial charge is 0.336 e. The van der Waals surface area contributed by atoms with E-state index in [9.17, 15) is 4.79 Å². The molecule has 0 bridgehead atoms. The Labute approximate surface area is 118 Å². The van der Waals surface area contributed by atoms with Crippen LogP contribution in [0.2, 0.25) is 0 Å². The van der Waals surface area contributed by atoms with Crippen molar-refractivity contribution in [3.8, 4) is 0 Å². The van der Waals surface area contributed by atoms with Crippen molar-refractivity contribution in [2.45, 2.75) is 64.6 Å². The molecular weight excluding hydrogens is 238 g/mol. The first-order valence-electron chi connectivity index (χ1n) is 7.63. The predicted octanol–water partition coefficient (Wildman–Crippen LogP) is 1.71. The number of carbonyl (C=O) groups excluding carboxylic acids is 1. The number of carbonyl (C=O) groups is 1. The minimum Gasteiger partial charge on any atom is -0.336 e. The molecule has 1 aliphatic rings. The molecule has 112 valence electrons. The van der Waals surface area contributed by atoms with Crippen molar-refractivity contribution in [2.24, 2.45) is 0 Å². The predicted molar refractivity (Wildman–Crippen MR) is 80.3 cm³/mol. The smallest absolute Gasteiger partial charge is 0.239 e. The first kappa shape index (κ1) is 16.4. The Morgan fingerprint density at radius 2 is 1.89 bits per heavy atom. The average Bonchev–Trinajstić information content (AvgIpc) is 2.33. The molecule has 3 atom stereocenters. The third kappa shape index (κ3) is 5.11. The maximum absolute atomic E-state index is 12.5. The highest BCUT2D eigenvalue weighted by Gasteiger charge is 2.31. The number of piperidine rings is 1. The fourth-order valence-corrected chi connectivity index (χ4v) is 2.88. The zero-order valence-electron chi connectivity index (χ0n) is 13.3. The maximum Gasteiger partial charge on any atom is 0.239 e. The Bertz CT molecular complexity index is 271. The van der Waals surface area contributed by atoms with Crippen LogP contribution in [0.5, 0.6) is 0 Å². The van der Waals surface area contributed by atoms with E-state index in [2.05, 4.69) is 43.1 Å². The van der Waals surface area contributed by atoms with Gasteiger partial charge >= 0.3 is 0 Å². The Balaban J connectivity index is 2.38. The van der Waals surface area contributed by atoms with Gasteiger partial charge in [0.2, 0.25) is 5.91 Å². The summed E-state index contributed by atoms with van der Waals surface area (Å²) in [5.41, 5.74) is 0. The summed E-state index contributed by atoms with van der Waals surface area (Å²) in [5.74, 6) is 0.268. The summed E-state index contributed by atoms with van der Waals surface area (Å²) in [6.07, 6.45) is 4.61. The number of rotatable bonds is 6. The Morgan fingerprint density at radius 1 is 1.32 bits per heavy atom. The number of nitrogens with one attached hydrogen (secondary N) is 1. The second-order valence-electron chi connectivity index (χ2n) is 6.21. The summed E-state index contributed by atoms with van der Waals surface area (Å²) in [6.45, 7) is 8.30. The second-order valence-corrected chi connectivity index (χ2v) is 6.21. The van der Waals surface area contributed by atoms with Gasteiger partial charge in [0, 0.05) is 12.1 Å². The molecule has 1 heterocycles. The molecule has 0 aliphatic carbocycles. The van der Waals surface area contributed by atoms with Gasteiger partial charge in [0.05, 0.1) is 6.04 Å². The van der Waals surface area contributed by atoms with Crippen molar-refractivity contribution >= 4 is 5.91 Å². The fourth-order valence-electron chi connectivity index (χ4n) is 2.88. The van der Waals surface area contributed by atoms with Gasteiger partial charge in [0.15, 0.2) is 0 Å². The standard InChI is InChI=1S/C15H31N3O/c1-12-8-6-9-13(2)18(12)15(19)14(3)16-10-7-11-17(4)5/h12-14,16H,6-11H2,1-5H3/t12-,13-,14-/m0/s1. The molecular formula is C15H31N3O. The molecule has 4 heteroatoms. The highest BCUT2D eigenvalue weighted by molar-refractivity contribution is 5.82. The van der Waals surface area contributed by atoms with Gasteiger partial charge in [-0.25, -0.2) is 0 Å². The highest BCUT2D eigenvalue weighted by Crippen LogP contribution is 2.23. The lowest BCUT2D eigenvalue weighted by Gasteiger charge is -2.40. The number of hydrogen-bond donors (Lipinski definition) is 1. The molecule has 0 aromatic rings. The van der Waals surface area contributed by atoms with E-state index in [0.29, 0.717) is 12.1 Å². The zero-order chi connectivity index (χ0) is 14.4. The van der Waals surface area contributed by atoms with Gasteiger partial charge < -0.3 is 15.1 Å². The monoisotopic (exact) mass is 269 g/mol. The zero-order valence-corrected chi connectivity index (χ0v) is 13.3. The Morgan fingerprint density at radius 3 is 2.42 bits per heavy atom. The van der Waals surface area contributed by atoms with Crippen molar-refractivity contribution < 1.29 is 4.79 Å². The molecule has 4 nitrogen and oxygen atoms in total. The van der Waals surface area contributed by atoms with Gasteiger partial charge in [-0.05, 0) is 73.6 Å². The minimum absolute atomic E-state index is 0.0647. The molecule has 0 unspecified atom stereocenters. The van der Waals surface area contributed by atoms with E-state index in [1.54, 1.807) is 0 Å². The van der Waals surface area contributed by atoms with E-state index in [-0.39, 0.29) is 11.9 Å². The Kier molecular flexibility index (Phi) is 6.80. The molecule has 0 aromatic heterocycles. The summed E-state index contributed by atoms with van der Waals surface area (Å²) >= 11 is 0. The molecule has 1 aliphatic heterocycles. The van der Waals surface area contributed by atoms with E-state index in [0.717, 1.165) is 32.4 Å². The summed E-state index contributed by atoms with van der Waals surface area (Å²) in [5, 5.41) is 3.36. The lowest BCUT2D eigenvalue weighted by atomic mass is 9.96. The van der Waals surface area contributed by atoms with E-state index in [1.807, 2.05) is 6.92 Å². The highest BCUT2D eigenvalue weighted by atomic mass is 16.2. The molecule has 19 heavy (non-hydrogen) atoms. The number of hydrogen-bond acceptors (Lipinski definition) is 3. The van der Waals surface area contributed by atoms with Crippen LogP contribution in [-0.4, -0.2) is 61.0 Å². The van der Waals surface area contributed by atoms with Crippen LogP contribution in [0.15, 0.2) is 0 Å². The third-order valence-electron chi connectivity index (χ3n) is 4.05. The lowest BCUT2D eigenvalue weighted by molar-refractivity contribution is -0.139. The van der Waals surface area contributed by atoms with Gasteiger partial charge in [-0.15, -0.1) is 0 Å². The minimum atomic E-state index is -0.0647. The van der Waals surface area contributed by atoms with Crippen LogP contribution in [0, 0.1) is 0 Å². The van der Waals surface area contributed by atoms with Crippen LogP contribution in [0.1, 0.15) is 46.5 Å². The SMILES string of the molecule is C[C@H](NCCCN(C)C)C(=O)N1[C@@H](C)CCC[C@@H]1C. The molecule has 0 saturated carbocycles. The van der Waals surface area contributed by atoms with Crippen molar-refractivity contribution in [3.05, 3.63) is 0 Å². The van der Waals surface area contributed by atoms with Crippen molar-refractivity contribution in [1.29, 1.82) is 0 Å². The van der Waals surface area contributed by atoms with E-state index in [4.69, 9.17) is 0 Å². The van der Waals surface area contributed by atoms with Gasteiger partial charge in [0.1, 0.15) is 0 Å². The molecule has 1 rings (SSSR count). The molecule has 0 radical (unpaired) electrons. The van der Waals surface area contributed by atoms with Crippen LogP contribution < -0.4 is 5.32 Å². The summed E-state index contributed by atoms with van der Waals surface area (Å²) < 4.78 is 0. The summed E-state index contributed by atoms with van der Waals surface area (Å²) in [4.78, 5) is 16.8. The van der Waals surface area contributed by atoms with E-state index < -0.39 is 0 Å². The summed E-state index contributed by atoms with van der Waals surface area (Å²) in [6, 6.07) is 0.717. The second kappa shape index (κ2) is 7.85.